The fraction of sp³-hybridized carbons (Fsp3) is 0.273. The number of hydrogen-bond donors (Lipinski definition) is 1. The molecule has 0 amide bonds. The minimum atomic E-state index is 0.256. The Labute approximate surface area is 88.2 Å². The number of methoxy groups -OCH3 is 1. The summed E-state index contributed by atoms with van der Waals surface area (Å²) in [6.07, 6.45) is 3.76. The van der Waals surface area contributed by atoms with Gasteiger partial charge in [0.05, 0.1) is 7.11 Å². The summed E-state index contributed by atoms with van der Waals surface area (Å²) in [5, 5.41) is 0. The van der Waals surface area contributed by atoms with E-state index >= 15 is 0 Å². The van der Waals surface area contributed by atoms with Crippen molar-refractivity contribution >= 4 is 6.08 Å². The zero-order chi connectivity index (χ0) is 10.7. The minimum Gasteiger partial charge on any atom is -0.497 e. The first-order chi connectivity index (χ1) is 7.35. The van der Waals surface area contributed by atoms with Gasteiger partial charge in [0.15, 0.2) is 11.5 Å². The Kier molecular flexibility index (Phi) is 2.78. The van der Waals surface area contributed by atoms with E-state index < -0.39 is 0 Å². The fourth-order valence-electron chi connectivity index (χ4n) is 1.45. The van der Waals surface area contributed by atoms with Crippen molar-refractivity contribution in [1.82, 2.24) is 0 Å². The summed E-state index contributed by atoms with van der Waals surface area (Å²) in [6, 6.07) is 3.70. The standard InChI is InChI=1S/C11H13NO3/c1-13-9-5-8(3-2-4-12)11-10(6-9)14-7-15-11/h2-3,5-6H,4,7,12H2,1H3/b3-2+. The fourth-order valence-corrected chi connectivity index (χ4v) is 1.45. The van der Waals surface area contributed by atoms with Gasteiger partial charge in [-0.1, -0.05) is 12.2 Å². The lowest BCUT2D eigenvalue weighted by molar-refractivity contribution is 0.173. The maximum Gasteiger partial charge on any atom is 0.231 e. The van der Waals surface area contributed by atoms with Gasteiger partial charge in [0.25, 0.3) is 0 Å². The van der Waals surface area contributed by atoms with Gasteiger partial charge in [0.1, 0.15) is 5.75 Å². The topological polar surface area (TPSA) is 53.7 Å². The summed E-state index contributed by atoms with van der Waals surface area (Å²) in [6.45, 7) is 0.749. The normalized spacial score (nSPS) is 13.5. The molecule has 4 nitrogen and oxygen atoms in total. The molecule has 0 aliphatic carbocycles. The van der Waals surface area contributed by atoms with E-state index in [0.29, 0.717) is 12.3 Å². The van der Waals surface area contributed by atoms with Crippen LogP contribution in [-0.4, -0.2) is 20.4 Å². The first-order valence-electron chi connectivity index (χ1n) is 4.69. The van der Waals surface area contributed by atoms with Crippen molar-refractivity contribution in [1.29, 1.82) is 0 Å². The number of fused-ring (bicyclic) bond motifs is 1. The molecule has 0 saturated carbocycles. The van der Waals surface area contributed by atoms with Gasteiger partial charge in [-0.15, -0.1) is 0 Å². The molecule has 2 rings (SSSR count). The number of rotatable bonds is 3. The van der Waals surface area contributed by atoms with Crippen molar-refractivity contribution in [3.8, 4) is 17.2 Å². The van der Waals surface area contributed by atoms with E-state index in [9.17, 15) is 0 Å². The third kappa shape index (κ3) is 1.89. The van der Waals surface area contributed by atoms with Crippen molar-refractivity contribution in [3.05, 3.63) is 23.8 Å². The quantitative estimate of drug-likeness (QED) is 0.813. The lowest BCUT2D eigenvalue weighted by atomic mass is 10.1. The van der Waals surface area contributed by atoms with E-state index in [2.05, 4.69) is 0 Å². The molecule has 0 spiro atoms. The van der Waals surface area contributed by atoms with Crippen molar-refractivity contribution in [2.75, 3.05) is 20.4 Å². The summed E-state index contributed by atoms with van der Waals surface area (Å²) >= 11 is 0. The molecule has 0 radical (unpaired) electrons. The second kappa shape index (κ2) is 4.23. The Bertz CT molecular complexity index is 388. The van der Waals surface area contributed by atoms with Gasteiger partial charge in [-0.05, 0) is 6.07 Å². The van der Waals surface area contributed by atoms with E-state index in [1.54, 1.807) is 7.11 Å². The summed E-state index contributed by atoms with van der Waals surface area (Å²) in [7, 11) is 1.62. The minimum absolute atomic E-state index is 0.256. The predicted molar refractivity (Wildman–Crippen MR) is 57.2 cm³/mol. The zero-order valence-corrected chi connectivity index (χ0v) is 8.53. The van der Waals surface area contributed by atoms with Crippen molar-refractivity contribution < 1.29 is 14.2 Å². The number of hydrogen-bond acceptors (Lipinski definition) is 4. The third-order valence-corrected chi connectivity index (χ3v) is 2.14. The molecule has 1 heterocycles. The van der Waals surface area contributed by atoms with Crippen molar-refractivity contribution in [3.63, 3.8) is 0 Å². The van der Waals surface area contributed by atoms with E-state index in [0.717, 1.165) is 17.1 Å². The SMILES string of the molecule is COc1cc(/C=C/CN)c2c(c1)OCO2. The maximum atomic E-state index is 5.40. The van der Waals surface area contributed by atoms with Crippen molar-refractivity contribution in [2.45, 2.75) is 0 Å². The summed E-state index contributed by atoms with van der Waals surface area (Å²) < 4.78 is 15.8. The summed E-state index contributed by atoms with van der Waals surface area (Å²) in [5.74, 6) is 2.21. The Morgan fingerprint density at radius 1 is 1.47 bits per heavy atom. The highest BCUT2D eigenvalue weighted by molar-refractivity contribution is 5.65. The van der Waals surface area contributed by atoms with Gasteiger partial charge in [-0.3, -0.25) is 0 Å². The molecule has 0 bridgehead atoms. The Morgan fingerprint density at radius 2 is 2.33 bits per heavy atom. The van der Waals surface area contributed by atoms with Gasteiger partial charge in [0, 0.05) is 18.2 Å². The van der Waals surface area contributed by atoms with Crippen LogP contribution in [0.4, 0.5) is 0 Å². The molecule has 0 aromatic heterocycles. The van der Waals surface area contributed by atoms with Gasteiger partial charge < -0.3 is 19.9 Å². The molecule has 0 fully saturated rings. The average Bonchev–Trinajstić information content (AvgIpc) is 2.73. The second-order valence-corrected chi connectivity index (χ2v) is 3.09. The molecule has 1 aromatic rings. The van der Waals surface area contributed by atoms with Gasteiger partial charge in [0.2, 0.25) is 6.79 Å². The Morgan fingerprint density at radius 3 is 3.07 bits per heavy atom. The summed E-state index contributed by atoms with van der Waals surface area (Å²) in [5.41, 5.74) is 6.33. The molecule has 0 unspecified atom stereocenters. The third-order valence-electron chi connectivity index (χ3n) is 2.14. The van der Waals surface area contributed by atoms with Crippen LogP contribution in [0.15, 0.2) is 18.2 Å². The lowest BCUT2D eigenvalue weighted by Crippen LogP contribution is -1.94. The molecular formula is C11H13NO3. The zero-order valence-electron chi connectivity index (χ0n) is 8.53. The summed E-state index contributed by atoms with van der Waals surface area (Å²) in [4.78, 5) is 0. The van der Waals surface area contributed by atoms with Crippen LogP contribution in [0.5, 0.6) is 17.2 Å². The van der Waals surface area contributed by atoms with Gasteiger partial charge in [-0.2, -0.15) is 0 Å². The predicted octanol–water partition coefficient (Wildman–Crippen LogP) is 1.40. The van der Waals surface area contributed by atoms with Crippen LogP contribution < -0.4 is 19.9 Å². The molecule has 1 aliphatic rings. The monoisotopic (exact) mass is 207 g/mol. The Hall–Kier alpha value is -1.68. The highest BCUT2D eigenvalue weighted by Crippen LogP contribution is 2.39. The van der Waals surface area contributed by atoms with Crippen LogP contribution in [0.1, 0.15) is 5.56 Å². The van der Waals surface area contributed by atoms with E-state index in [4.69, 9.17) is 19.9 Å². The van der Waals surface area contributed by atoms with Crippen LogP contribution >= 0.6 is 0 Å². The van der Waals surface area contributed by atoms with E-state index in [-0.39, 0.29) is 6.79 Å². The highest BCUT2D eigenvalue weighted by atomic mass is 16.7. The van der Waals surface area contributed by atoms with Crippen molar-refractivity contribution in [2.24, 2.45) is 5.73 Å². The average molecular weight is 207 g/mol. The lowest BCUT2D eigenvalue weighted by Gasteiger charge is -2.05. The van der Waals surface area contributed by atoms with Crippen LogP contribution in [0.3, 0.4) is 0 Å². The highest BCUT2D eigenvalue weighted by Gasteiger charge is 2.18. The van der Waals surface area contributed by atoms with Crippen LogP contribution in [0, 0.1) is 0 Å². The molecule has 1 aromatic carbocycles. The molecule has 0 saturated heterocycles. The van der Waals surface area contributed by atoms with Crippen LogP contribution in [0.2, 0.25) is 0 Å². The van der Waals surface area contributed by atoms with Gasteiger partial charge in [-0.25, -0.2) is 0 Å². The number of ether oxygens (including phenoxy) is 3. The second-order valence-electron chi connectivity index (χ2n) is 3.09. The molecule has 80 valence electrons. The maximum absolute atomic E-state index is 5.40. The van der Waals surface area contributed by atoms with Gasteiger partial charge >= 0.3 is 0 Å². The molecule has 2 N–H and O–H groups in total. The smallest absolute Gasteiger partial charge is 0.231 e. The Balaban J connectivity index is 2.42. The molecule has 1 aliphatic heterocycles. The first kappa shape index (κ1) is 9.86. The number of nitrogens with two attached hydrogens (primary N) is 1. The molecule has 4 heteroatoms. The van der Waals surface area contributed by atoms with E-state index in [1.165, 1.54) is 0 Å². The first-order valence-corrected chi connectivity index (χ1v) is 4.69. The molecule has 15 heavy (non-hydrogen) atoms. The van der Waals surface area contributed by atoms with E-state index in [1.807, 2.05) is 24.3 Å². The largest absolute Gasteiger partial charge is 0.497 e. The molecular weight excluding hydrogens is 194 g/mol. The van der Waals surface area contributed by atoms with Crippen LogP contribution in [-0.2, 0) is 0 Å². The number of benzene rings is 1. The van der Waals surface area contributed by atoms with Crippen LogP contribution in [0.25, 0.3) is 6.08 Å². The molecule has 0 atom stereocenters.